The maximum Gasteiger partial charge on any atom is 0.329 e. The first-order chi connectivity index (χ1) is 12.0. The average molecular weight is 360 g/mol. The second-order valence-electron chi connectivity index (χ2n) is 5.64. The number of carbonyl (C=O) groups is 3. The van der Waals surface area contributed by atoms with Gasteiger partial charge in [-0.3, -0.25) is 9.59 Å². The standard InChI is InChI=1S/C16H32N4O5/c1-17-7-5-3-4-6-14(21)19-9-11-20(10-8-18-2)15(22)12-25-13-16(23)24/h17-18H,3-13H2,1-2H3,(H,19,21)(H,23,24). The number of unbranched alkanes of at least 4 members (excludes halogenated alkanes) is 2. The van der Waals surface area contributed by atoms with E-state index >= 15 is 0 Å². The fourth-order valence-electron chi connectivity index (χ4n) is 2.11. The summed E-state index contributed by atoms with van der Waals surface area (Å²) in [5, 5.41) is 17.3. The van der Waals surface area contributed by atoms with Gasteiger partial charge >= 0.3 is 5.97 Å². The maximum absolute atomic E-state index is 12.0. The molecule has 0 rings (SSSR count). The van der Waals surface area contributed by atoms with E-state index in [1.165, 1.54) is 0 Å². The number of nitrogens with zero attached hydrogens (tertiary/aromatic N) is 1. The van der Waals surface area contributed by atoms with Crippen molar-refractivity contribution in [1.82, 2.24) is 20.9 Å². The molecule has 9 nitrogen and oxygen atoms in total. The van der Waals surface area contributed by atoms with Gasteiger partial charge in [-0.1, -0.05) is 6.42 Å². The van der Waals surface area contributed by atoms with Crippen LogP contribution in [0.4, 0.5) is 0 Å². The summed E-state index contributed by atoms with van der Waals surface area (Å²) >= 11 is 0. The molecule has 0 radical (unpaired) electrons. The molecule has 0 fully saturated rings. The Morgan fingerprint density at radius 2 is 1.60 bits per heavy atom. The van der Waals surface area contributed by atoms with Gasteiger partial charge in [-0.05, 0) is 33.5 Å². The van der Waals surface area contributed by atoms with Gasteiger partial charge in [0.05, 0.1) is 0 Å². The van der Waals surface area contributed by atoms with Crippen LogP contribution in [0, 0.1) is 0 Å². The zero-order valence-electron chi connectivity index (χ0n) is 15.3. The van der Waals surface area contributed by atoms with Gasteiger partial charge in [0.1, 0.15) is 13.2 Å². The minimum Gasteiger partial charge on any atom is -0.480 e. The van der Waals surface area contributed by atoms with Crippen molar-refractivity contribution in [3.05, 3.63) is 0 Å². The molecule has 0 unspecified atom stereocenters. The molecule has 0 aliphatic carbocycles. The number of aliphatic carboxylic acids is 1. The van der Waals surface area contributed by atoms with E-state index in [1.54, 1.807) is 11.9 Å². The maximum atomic E-state index is 12.0. The second-order valence-corrected chi connectivity index (χ2v) is 5.64. The van der Waals surface area contributed by atoms with E-state index in [-0.39, 0.29) is 18.4 Å². The summed E-state index contributed by atoms with van der Waals surface area (Å²) in [6, 6.07) is 0. The lowest BCUT2D eigenvalue weighted by Gasteiger charge is -2.22. The number of carboxylic acids is 1. The third-order valence-corrected chi connectivity index (χ3v) is 3.47. The van der Waals surface area contributed by atoms with E-state index in [1.807, 2.05) is 7.05 Å². The number of hydrogen-bond donors (Lipinski definition) is 4. The van der Waals surface area contributed by atoms with Crippen LogP contribution in [0.5, 0.6) is 0 Å². The molecule has 0 saturated carbocycles. The molecule has 0 aliphatic heterocycles. The Kier molecular flexibility index (Phi) is 14.7. The first kappa shape index (κ1) is 23.3. The summed E-state index contributed by atoms with van der Waals surface area (Å²) in [5.41, 5.74) is 0. The van der Waals surface area contributed by atoms with Crippen LogP contribution in [-0.4, -0.2) is 87.8 Å². The molecular weight excluding hydrogens is 328 g/mol. The largest absolute Gasteiger partial charge is 0.480 e. The van der Waals surface area contributed by atoms with Gasteiger partial charge in [-0.25, -0.2) is 4.79 Å². The van der Waals surface area contributed by atoms with Gasteiger partial charge in [0, 0.05) is 32.6 Å². The van der Waals surface area contributed by atoms with Crippen molar-refractivity contribution in [3.8, 4) is 0 Å². The molecule has 0 saturated heterocycles. The summed E-state index contributed by atoms with van der Waals surface area (Å²) in [6.45, 7) is 1.96. The molecule has 0 spiro atoms. The SMILES string of the molecule is CNCCCCCC(=O)NCCN(CCNC)C(=O)COCC(=O)O. The lowest BCUT2D eigenvalue weighted by atomic mass is 10.2. The fourth-order valence-corrected chi connectivity index (χ4v) is 2.11. The van der Waals surface area contributed by atoms with E-state index < -0.39 is 12.6 Å². The number of carboxylic acid groups (broad SMARTS) is 1. The van der Waals surface area contributed by atoms with E-state index in [2.05, 4.69) is 16.0 Å². The van der Waals surface area contributed by atoms with Crippen molar-refractivity contribution >= 4 is 17.8 Å². The number of nitrogens with one attached hydrogen (secondary N) is 3. The van der Waals surface area contributed by atoms with Gasteiger partial charge in [0.2, 0.25) is 11.8 Å². The molecule has 0 bridgehead atoms. The van der Waals surface area contributed by atoms with Crippen molar-refractivity contribution in [3.63, 3.8) is 0 Å². The number of carbonyl (C=O) groups excluding carboxylic acids is 2. The summed E-state index contributed by atoms with van der Waals surface area (Å²) in [5.74, 6) is -1.43. The Labute approximate surface area is 149 Å². The molecule has 4 N–H and O–H groups in total. The minimum absolute atomic E-state index is 0.0207. The van der Waals surface area contributed by atoms with Crippen LogP contribution in [0.3, 0.4) is 0 Å². The van der Waals surface area contributed by atoms with Crippen LogP contribution >= 0.6 is 0 Å². The highest BCUT2D eigenvalue weighted by atomic mass is 16.5. The fraction of sp³-hybridized carbons (Fsp3) is 0.812. The summed E-state index contributed by atoms with van der Waals surface area (Å²) in [4.78, 5) is 35.7. The third-order valence-electron chi connectivity index (χ3n) is 3.47. The minimum atomic E-state index is -1.11. The van der Waals surface area contributed by atoms with Crippen LogP contribution in [0.2, 0.25) is 0 Å². The molecule has 25 heavy (non-hydrogen) atoms. The number of hydrogen-bond acceptors (Lipinski definition) is 6. The molecular formula is C16H32N4O5. The summed E-state index contributed by atoms with van der Waals surface area (Å²) < 4.78 is 4.83. The Morgan fingerprint density at radius 1 is 0.920 bits per heavy atom. The predicted molar refractivity (Wildman–Crippen MR) is 94.4 cm³/mol. The topological polar surface area (TPSA) is 120 Å². The molecule has 0 aliphatic rings. The van der Waals surface area contributed by atoms with Crippen LogP contribution in [0.15, 0.2) is 0 Å². The molecule has 9 heteroatoms. The smallest absolute Gasteiger partial charge is 0.329 e. The van der Waals surface area contributed by atoms with Crippen LogP contribution < -0.4 is 16.0 Å². The molecule has 0 aromatic heterocycles. The summed E-state index contributed by atoms with van der Waals surface area (Å²) in [7, 11) is 3.68. The normalized spacial score (nSPS) is 10.5. The highest BCUT2D eigenvalue weighted by Crippen LogP contribution is 1.98. The lowest BCUT2D eigenvalue weighted by molar-refractivity contribution is -0.146. The Balaban J connectivity index is 4.02. The zero-order valence-corrected chi connectivity index (χ0v) is 15.3. The van der Waals surface area contributed by atoms with E-state index in [0.29, 0.717) is 32.6 Å². The molecule has 2 amide bonds. The Hall–Kier alpha value is -1.71. The van der Waals surface area contributed by atoms with Gasteiger partial charge in [-0.2, -0.15) is 0 Å². The van der Waals surface area contributed by atoms with Gasteiger partial charge in [0.15, 0.2) is 0 Å². The predicted octanol–water partition coefficient (Wildman–Crippen LogP) is -0.968. The van der Waals surface area contributed by atoms with Crippen molar-refractivity contribution in [2.45, 2.75) is 25.7 Å². The van der Waals surface area contributed by atoms with Crippen LogP contribution in [-0.2, 0) is 19.1 Å². The average Bonchev–Trinajstić information content (AvgIpc) is 2.57. The van der Waals surface area contributed by atoms with Crippen molar-refractivity contribution in [1.29, 1.82) is 0 Å². The molecule has 146 valence electrons. The van der Waals surface area contributed by atoms with Crippen molar-refractivity contribution in [2.24, 2.45) is 0 Å². The van der Waals surface area contributed by atoms with Gasteiger partial charge in [0.25, 0.3) is 0 Å². The highest BCUT2D eigenvalue weighted by Gasteiger charge is 2.14. The molecule has 0 aromatic carbocycles. The third kappa shape index (κ3) is 14.3. The van der Waals surface area contributed by atoms with Gasteiger partial charge < -0.3 is 30.7 Å². The first-order valence-corrected chi connectivity index (χ1v) is 8.64. The Morgan fingerprint density at radius 3 is 2.24 bits per heavy atom. The van der Waals surface area contributed by atoms with Crippen molar-refractivity contribution < 1.29 is 24.2 Å². The Bertz CT molecular complexity index is 393. The number of rotatable bonds is 16. The van der Waals surface area contributed by atoms with Crippen LogP contribution in [0.25, 0.3) is 0 Å². The molecule has 0 heterocycles. The quantitative estimate of drug-likeness (QED) is 0.261. The zero-order chi connectivity index (χ0) is 18.9. The highest BCUT2D eigenvalue weighted by molar-refractivity contribution is 5.78. The monoisotopic (exact) mass is 360 g/mol. The first-order valence-electron chi connectivity index (χ1n) is 8.64. The molecule has 0 aromatic rings. The van der Waals surface area contributed by atoms with E-state index in [4.69, 9.17) is 9.84 Å². The van der Waals surface area contributed by atoms with Crippen LogP contribution in [0.1, 0.15) is 25.7 Å². The van der Waals surface area contributed by atoms with Gasteiger partial charge in [-0.15, -0.1) is 0 Å². The second kappa shape index (κ2) is 15.8. The van der Waals surface area contributed by atoms with E-state index in [0.717, 1.165) is 25.8 Å². The molecule has 0 atom stereocenters. The lowest BCUT2D eigenvalue weighted by Crippen LogP contribution is -2.43. The van der Waals surface area contributed by atoms with Crippen molar-refractivity contribution in [2.75, 3.05) is 60.0 Å². The summed E-state index contributed by atoms with van der Waals surface area (Å²) in [6.07, 6.45) is 3.38. The van der Waals surface area contributed by atoms with E-state index in [9.17, 15) is 14.4 Å². The number of likely N-dealkylation sites (N-methyl/N-ethyl adjacent to an activating group) is 1. The number of amides is 2. The number of ether oxygens (including phenoxy) is 1.